The number of fused-ring (bicyclic) bond motifs is 1. The lowest BCUT2D eigenvalue weighted by Gasteiger charge is -2.21. The van der Waals surface area contributed by atoms with E-state index < -0.39 is 17.0 Å². The monoisotopic (exact) mass is 398 g/mol. The van der Waals surface area contributed by atoms with Crippen molar-refractivity contribution in [3.8, 4) is 0 Å². The predicted octanol–water partition coefficient (Wildman–Crippen LogP) is 4.01. The first kappa shape index (κ1) is 19.5. The van der Waals surface area contributed by atoms with E-state index in [1.807, 2.05) is 30.3 Å². The Morgan fingerprint density at radius 3 is 2.57 bits per heavy atom. The Hall–Kier alpha value is -3.26. The number of thiophene rings is 1. The van der Waals surface area contributed by atoms with Crippen LogP contribution in [0.1, 0.15) is 22.2 Å². The molecule has 0 radical (unpaired) electrons. The SMILES string of the molecule is C[C@H](OC(=O)c1cc2cc([N+](=O)[O-])ccc2s1)C(=O)N(C)Cc1ccccc1. The molecule has 8 heteroatoms. The molecule has 3 aromatic rings. The molecule has 0 fully saturated rings. The first-order chi connectivity index (χ1) is 13.3. The predicted molar refractivity (Wildman–Crippen MR) is 106 cm³/mol. The number of nitro groups is 1. The van der Waals surface area contributed by atoms with Crippen LogP contribution in [0.2, 0.25) is 0 Å². The van der Waals surface area contributed by atoms with E-state index in [-0.39, 0.29) is 11.6 Å². The third-order valence-electron chi connectivity index (χ3n) is 4.18. The molecule has 2 aromatic carbocycles. The van der Waals surface area contributed by atoms with E-state index in [9.17, 15) is 19.7 Å². The van der Waals surface area contributed by atoms with Crippen LogP contribution in [-0.4, -0.2) is 34.9 Å². The smallest absolute Gasteiger partial charge is 0.349 e. The van der Waals surface area contributed by atoms with E-state index >= 15 is 0 Å². The highest BCUT2D eigenvalue weighted by Crippen LogP contribution is 2.29. The molecule has 7 nitrogen and oxygen atoms in total. The molecule has 0 saturated heterocycles. The van der Waals surface area contributed by atoms with Crippen LogP contribution in [0.5, 0.6) is 0 Å². The summed E-state index contributed by atoms with van der Waals surface area (Å²) in [6, 6.07) is 15.4. The van der Waals surface area contributed by atoms with E-state index in [4.69, 9.17) is 4.74 Å². The minimum absolute atomic E-state index is 0.0451. The van der Waals surface area contributed by atoms with Gasteiger partial charge in [0.15, 0.2) is 6.10 Å². The summed E-state index contributed by atoms with van der Waals surface area (Å²) in [4.78, 5) is 37.1. The van der Waals surface area contributed by atoms with Crippen molar-refractivity contribution >= 4 is 39.0 Å². The zero-order valence-electron chi connectivity index (χ0n) is 15.3. The average Bonchev–Trinajstić information content (AvgIpc) is 3.11. The lowest BCUT2D eigenvalue weighted by molar-refractivity contribution is -0.384. The van der Waals surface area contributed by atoms with E-state index in [2.05, 4.69) is 0 Å². The fourth-order valence-corrected chi connectivity index (χ4v) is 3.69. The maximum absolute atomic E-state index is 12.5. The number of ether oxygens (including phenoxy) is 1. The van der Waals surface area contributed by atoms with Gasteiger partial charge < -0.3 is 9.64 Å². The van der Waals surface area contributed by atoms with Crippen LogP contribution < -0.4 is 0 Å². The molecule has 3 rings (SSSR count). The van der Waals surface area contributed by atoms with Gasteiger partial charge in [-0.25, -0.2) is 4.79 Å². The van der Waals surface area contributed by atoms with Crippen molar-refractivity contribution in [3.05, 3.63) is 75.2 Å². The lowest BCUT2D eigenvalue weighted by atomic mass is 10.2. The molecule has 0 aliphatic carbocycles. The van der Waals surface area contributed by atoms with Crippen LogP contribution in [0.4, 0.5) is 5.69 Å². The molecule has 0 saturated carbocycles. The topological polar surface area (TPSA) is 89.7 Å². The van der Waals surface area contributed by atoms with Crippen molar-refractivity contribution in [1.82, 2.24) is 4.90 Å². The van der Waals surface area contributed by atoms with Crippen molar-refractivity contribution in [2.75, 3.05) is 7.05 Å². The Labute approximate surface area is 165 Å². The number of non-ortho nitro benzene ring substituents is 1. The van der Waals surface area contributed by atoms with Gasteiger partial charge in [-0.05, 0) is 24.6 Å². The molecule has 0 aliphatic heterocycles. The number of amides is 1. The van der Waals surface area contributed by atoms with Gasteiger partial charge in [0.25, 0.3) is 11.6 Å². The summed E-state index contributed by atoms with van der Waals surface area (Å²) >= 11 is 1.17. The average molecular weight is 398 g/mol. The lowest BCUT2D eigenvalue weighted by Crippen LogP contribution is -2.37. The van der Waals surface area contributed by atoms with Crippen LogP contribution in [0.15, 0.2) is 54.6 Å². The maximum atomic E-state index is 12.5. The highest BCUT2D eigenvalue weighted by molar-refractivity contribution is 7.20. The Kier molecular flexibility index (Phi) is 5.70. The van der Waals surface area contributed by atoms with E-state index in [1.165, 1.54) is 35.3 Å². The number of carbonyl (C=O) groups excluding carboxylic acids is 2. The number of likely N-dealkylation sites (N-methyl/N-ethyl adjacent to an activating group) is 1. The Morgan fingerprint density at radius 2 is 1.89 bits per heavy atom. The van der Waals surface area contributed by atoms with Gasteiger partial charge in [-0.2, -0.15) is 0 Å². The first-order valence-electron chi connectivity index (χ1n) is 8.53. The fourth-order valence-electron chi connectivity index (χ4n) is 2.76. The molecule has 1 atom stereocenters. The summed E-state index contributed by atoms with van der Waals surface area (Å²) in [5.74, 6) is -0.938. The largest absolute Gasteiger partial charge is 0.448 e. The molecule has 0 aliphatic rings. The second-order valence-electron chi connectivity index (χ2n) is 6.32. The van der Waals surface area contributed by atoms with E-state index in [0.717, 1.165) is 10.3 Å². The second kappa shape index (κ2) is 8.18. The quantitative estimate of drug-likeness (QED) is 0.355. The van der Waals surface area contributed by atoms with Crippen LogP contribution >= 0.6 is 11.3 Å². The van der Waals surface area contributed by atoms with Crippen LogP contribution in [-0.2, 0) is 16.1 Å². The number of hydrogen-bond acceptors (Lipinski definition) is 6. The number of benzene rings is 2. The number of esters is 1. The normalized spacial score (nSPS) is 11.8. The number of hydrogen-bond donors (Lipinski definition) is 0. The summed E-state index contributed by atoms with van der Waals surface area (Å²) in [5.41, 5.74) is 0.930. The Morgan fingerprint density at radius 1 is 1.18 bits per heavy atom. The summed E-state index contributed by atoms with van der Waals surface area (Å²) < 4.78 is 6.04. The van der Waals surface area contributed by atoms with Crippen molar-refractivity contribution in [3.63, 3.8) is 0 Å². The molecule has 0 spiro atoms. The number of nitro benzene ring substituents is 1. The fraction of sp³-hybridized carbons (Fsp3) is 0.200. The standard InChI is InChI=1S/C20H18N2O5S/c1-13(19(23)21(2)12-14-6-4-3-5-7-14)27-20(24)18-11-15-10-16(22(25)26)8-9-17(15)28-18/h3-11,13H,12H2,1-2H3/t13-/m0/s1. The van der Waals surface area contributed by atoms with Gasteiger partial charge >= 0.3 is 5.97 Å². The highest BCUT2D eigenvalue weighted by Gasteiger charge is 2.23. The van der Waals surface area contributed by atoms with Crippen LogP contribution in [0.25, 0.3) is 10.1 Å². The molecule has 1 aromatic heterocycles. The molecule has 1 heterocycles. The van der Waals surface area contributed by atoms with Crippen molar-refractivity contribution in [2.45, 2.75) is 19.6 Å². The van der Waals surface area contributed by atoms with Gasteiger partial charge in [0.05, 0.1) is 4.92 Å². The van der Waals surface area contributed by atoms with Crippen molar-refractivity contribution in [2.24, 2.45) is 0 Å². The zero-order chi connectivity index (χ0) is 20.3. The van der Waals surface area contributed by atoms with Crippen molar-refractivity contribution in [1.29, 1.82) is 0 Å². The molecule has 1 amide bonds. The van der Waals surface area contributed by atoms with Gasteiger partial charge in [0.1, 0.15) is 4.88 Å². The molecular weight excluding hydrogens is 380 g/mol. The molecule has 28 heavy (non-hydrogen) atoms. The number of nitrogens with zero attached hydrogens (tertiary/aromatic N) is 2. The first-order valence-corrected chi connectivity index (χ1v) is 9.34. The minimum Gasteiger partial charge on any atom is -0.448 e. The maximum Gasteiger partial charge on any atom is 0.349 e. The van der Waals surface area contributed by atoms with Gasteiger partial charge in [-0.1, -0.05) is 30.3 Å². The minimum atomic E-state index is -0.944. The summed E-state index contributed by atoms with van der Waals surface area (Å²) in [5, 5.41) is 11.5. The van der Waals surface area contributed by atoms with Gasteiger partial charge in [0.2, 0.25) is 0 Å². The molecule has 144 valence electrons. The summed E-state index contributed by atoms with van der Waals surface area (Å²) in [7, 11) is 1.65. The van der Waals surface area contributed by atoms with Crippen LogP contribution in [0.3, 0.4) is 0 Å². The molecule has 0 unspecified atom stereocenters. The van der Waals surface area contributed by atoms with E-state index in [0.29, 0.717) is 16.8 Å². The summed E-state index contributed by atoms with van der Waals surface area (Å²) in [6.07, 6.45) is -0.944. The molecule has 0 N–H and O–H groups in total. The Balaban J connectivity index is 1.67. The number of carbonyl (C=O) groups is 2. The third-order valence-corrected chi connectivity index (χ3v) is 5.28. The van der Waals surface area contributed by atoms with Gasteiger partial charge in [-0.15, -0.1) is 11.3 Å². The second-order valence-corrected chi connectivity index (χ2v) is 7.40. The molecular formula is C20H18N2O5S. The molecule has 0 bridgehead atoms. The zero-order valence-corrected chi connectivity index (χ0v) is 16.1. The van der Waals surface area contributed by atoms with Gasteiger partial charge in [-0.3, -0.25) is 14.9 Å². The van der Waals surface area contributed by atoms with Gasteiger partial charge in [0, 0.05) is 35.8 Å². The van der Waals surface area contributed by atoms with E-state index in [1.54, 1.807) is 19.2 Å². The summed E-state index contributed by atoms with van der Waals surface area (Å²) in [6.45, 7) is 1.94. The number of rotatable bonds is 6. The van der Waals surface area contributed by atoms with Crippen molar-refractivity contribution < 1.29 is 19.2 Å². The van der Waals surface area contributed by atoms with Crippen LogP contribution in [0, 0.1) is 10.1 Å². The third kappa shape index (κ3) is 4.34. The Bertz CT molecular complexity index is 1030. The highest BCUT2D eigenvalue weighted by atomic mass is 32.1.